The second kappa shape index (κ2) is 9.18. The highest BCUT2D eigenvalue weighted by molar-refractivity contribution is 7.89. The van der Waals surface area contributed by atoms with Crippen molar-refractivity contribution in [2.75, 3.05) is 25.1 Å². The maximum atomic E-state index is 12.3. The van der Waals surface area contributed by atoms with Crippen molar-refractivity contribution in [2.24, 2.45) is 0 Å². The lowest BCUT2D eigenvalue weighted by atomic mass is 10.2. The molecule has 8 heteroatoms. The molecule has 1 heterocycles. The van der Waals surface area contributed by atoms with Crippen molar-refractivity contribution < 1.29 is 22.7 Å². The van der Waals surface area contributed by atoms with Gasteiger partial charge in [0.1, 0.15) is 5.75 Å². The second-order valence-corrected chi connectivity index (χ2v) is 8.43. The van der Waals surface area contributed by atoms with Crippen molar-refractivity contribution in [3.8, 4) is 5.75 Å². The maximum absolute atomic E-state index is 12.3. The van der Waals surface area contributed by atoms with Gasteiger partial charge in [-0.15, -0.1) is 0 Å². The normalized spacial score (nSPS) is 16.7. The Bertz CT molecular complexity index is 889. The van der Waals surface area contributed by atoms with Crippen LogP contribution < -0.4 is 14.8 Å². The summed E-state index contributed by atoms with van der Waals surface area (Å²) in [7, 11) is -3.61. The molecule has 2 aromatic carbocycles. The predicted molar refractivity (Wildman–Crippen MR) is 106 cm³/mol. The predicted octanol–water partition coefficient (Wildman–Crippen LogP) is 2.47. The van der Waals surface area contributed by atoms with Crippen LogP contribution in [-0.4, -0.2) is 40.2 Å². The number of sulfonamides is 1. The molecule has 1 fully saturated rings. The van der Waals surface area contributed by atoms with Crippen LogP contribution in [0.4, 0.5) is 5.69 Å². The van der Waals surface area contributed by atoms with Crippen molar-refractivity contribution in [2.45, 2.75) is 30.8 Å². The number of ether oxygens (including phenoxy) is 2. The smallest absolute Gasteiger partial charge is 0.262 e. The van der Waals surface area contributed by atoms with Gasteiger partial charge in [0.2, 0.25) is 10.0 Å². The molecule has 0 saturated carbocycles. The summed E-state index contributed by atoms with van der Waals surface area (Å²) in [5, 5.41) is 2.68. The van der Waals surface area contributed by atoms with Gasteiger partial charge in [0.25, 0.3) is 5.91 Å². The third-order valence-electron chi connectivity index (χ3n) is 4.36. The number of carbonyl (C=O) groups is 1. The van der Waals surface area contributed by atoms with Crippen LogP contribution in [0, 0.1) is 6.92 Å². The number of amides is 1. The Morgan fingerprint density at radius 1 is 1.14 bits per heavy atom. The van der Waals surface area contributed by atoms with Crippen molar-refractivity contribution in [1.29, 1.82) is 0 Å². The highest BCUT2D eigenvalue weighted by Gasteiger charge is 2.20. The zero-order chi connectivity index (χ0) is 20.0. The number of aryl methyl sites for hydroxylation is 1. The molecule has 1 atom stereocenters. The van der Waals surface area contributed by atoms with Gasteiger partial charge < -0.3 is 14.8 Å². The zero-order valence-electron chi connectivity index (χ0n) is 15.7. The van der Waals surface area contributed by atoms with E-state index in [0.717, 1.165) is 18.4 Å². The summed E-state index contributed by atoms with van der Waals surface area (Å²) >= 11 is 0. The molecule has 1 aliphatic rings. The van der Waals surface area contributed by atoms with E-state index in [1.165, 1.54) is 12.1 Å². The van der Waals surface area contributed by atoms with E-state index in [1.807, 2.05) is 19.1 Å². The summed E-state index contributed by atoms with van der Waals surface area (Å²) in [6, 6.07) is 13.4. The molecule has 0 aromatic heterocycles. The van der Waals surface area contributed by atoms with Crippen LogP contribution in [-0.2, 0) is 19.6 Å². The molecule has 0 radical (unpaired) electrons. The Morgan fingerprint density at radius 2 is 1.86 bits per heavy atom. The van der Waals surface area contributed by atoms with Gasteiger partial charge in [0.05, 0.1) is 11.0 Å². The van der Waals surface area contributed by atoms with Gasteiger partial charge in [-0.25, -0.2) is 13.1 Å². The molecule has 2 N–H and O–H groups in total. The Hall–Kier alpha value is -2.42. The average molecular weight is 404 g/mol. The number of carbonyl (C=O) groups excluding carboxylic acids is 1. The van der Waals surface area contributed by atoms with Crippen LogP contribution >= 0.6 is 0 Å². The van der Waals surface area contributed by atoms with Crippen LogP contribution in [0.3, 0.4) is 0 Å². The molecule has 1 aliphatic heterocycles. The molecule has 1 unspecified atom stereocenters. The van der Waals surface area contributed by atoms with E-state index in [0.29, 0.717) is 18.0 Å². The number of rotatable bonds is 8. The average Bonchev–Trinajstić information content (AvgIpc) is 3.20. The minimum atomic E-state index is -3.61. The molecule has 150 valence electrons. The van der Waals surface area contributed by atoms with Gasteiger partial charge in [0.15, 0.2) is 6.61 Å². The molecule has 1 saturated heterocycles. The molecular formula is C20H24N2O5S. The van der Waals surface area contributed by atoms with E-state index in [-0.39, 0.29) is 30.1 Å². The number of nitrogens with one attached hydrogen (secondary N) is 2. The first-order valence-corrected chi connectivity index (χ1v) is 10.6. The number of hydrogen-bond donors (Lipinski definition) is 2. The Morgan fingerprint density at radius 3 is 2.50 bits per heavy atom. The second-order valence-electron chi connectivity index (χ2n) is 6.66. The third-order valence-corrected chi connectivity index (χ3v) is 5.80. The molecule has 28 heavy (non-hydrogen) atoms. The fourth-order valence-electron chi connectivity index (χ4n) is 2.79. The van der Waals surface area contributed by atoms with Crippen LogP contribution in [0.15, 0.2) is 53.4 Å². The molecule has 2 aromatic rings. The Balaban J connectivity index is 1.50. The first-order chi connectivity index (χ1) is 13.4. The van der Waals surface area contributed by atoms with E-state index >= 15 is 0 Å². The van der Waals surface area contributed by atoms with Gasteiger partial charge >= 0.3 is 0 Å². The number of hydrogen-bond acceptors (Lipinski definition) is 5. The summed E-state index contributed by atoms with van der Waals surface area (Å²) in [4.78, 5) is 12.1. The van der Waals surface area contributed by atoms with Gasteiger partial charge in [0, 0.05) is 18.8 Å². The highest BCUT2D eigenvalue weighted by Crippen LogP contribution is 2.16. The summed E-state index contributed by atoms with van der Waals surface area (Å²) in [5.41, 5.74) is 1.60. The molecular weight excluding hydrogens is 380 g/mol. The van der Waals surface area contributed by atoms with Crippen molar-refractivity contribution in [3.05, 3.63) is 54.1 Å². The third kappa shape index (κ3) is 5.79. The van der Waals surface area contributed by atoms with Crippen molar-refractivity contribution >= 4 is 21.6 Å². The zero-order valence-corrected chi connectivity index (χ0v) is 16.5. The summed E-state index contributed by atoms with van der Waals surface area (Å²) in [5.74, 6) is 0.284. The quantitative estimate of drug-likeness (QED) is 0.705. The Labute approximate surface area is 165 Å². The van der Waals surface area contributed by atoms with E-state index in [9.17, 15) is 13.2 Å². The number of anilines is 1. The lowest BCUT2D eigenvalue weighted by molar-refractivity contribution is -0.118. The number of benzene rings is 2. The topological polar surface area (TPSA) is 93.7 Å². The van der Waals surface area contributed by atoms with Crippen LogP contribution in [0.5, 0.6) is 5.75 Å². The minimum absolute atomic E-state index is 0.0677. The lowest BCUT2D eigenvalue weighted by Gasteiger charge is -2.12. The molecule has 0 spiro atoms. The first kappa shape index (κ1) is 20.3. The standard InChI is InChI=1S/C20H24N2O5S/c1-15-4-8-17(9-5-15)27-14-20(23)22-16-6-10-19(11-7-16)28(24,25)21-13-18-3-2-12-26-18/h4-11,18,21H,2-3,12-14H2,1H3,(H,22,23). The highest BCUT2D eigenvalue weighted by atomic mass is 32.2. The molecule has 1 amide bonds. The van der Waals surface area contributed by atoms with Gasteiger partial charge in [-0.05, 0) is 56.2 Å². The largest absolute Gasteiger partial charge is 0.484 e. The molecule has 3 rings (SSSR count). The monoisotopic (exact) mass is 404 g/mol. The fraction of sp³-hybridized carbons (Fsp3) is 0.350. The Kier molecular flexibility index (Phi) is 6.66. The minimum Gasteiger partial charge on any atom is -0.484 e. The van der Waals surface area contributed by atoms with Gasteiger partial charge in [-0.2, -0.15) is 0 Å². The van der Waals surface area contributed by atoms with E-state index < -0.39 is 10.0 Å². The molecule has 0 aliphatic carbocycles. The fourth-order valence-corrected chi connectivity index (χ4v) is 3.86. The summed E-state index contributed by atoms with van der Waals surface area (Å²) in [6.45, 7) is 2.77. The van der Waals surface area contributed by atoms with Crippen molar-refractivity contribution in [3.63, 3.8) is 0 Å². The van der Waals surface area contributed by atoms with E-state index in [2.05, 4.69) is 10.0 Å². The van der Waals surface area contributed by atoms with Crippen molar-refractivity contribution in [1.82, 2.24) is 4.72 Å². The van der Waals surface area contributed by atoms with Crippen LogP contribution in [0.2, 0.25) is 0 Å². The van der Waals surface area contributed by atoms with E-state index in [1.54, 1.807) is 24.3 Å². The lowest BCUT2D eigenvalue weighted by Crippen LogP contribution is -2.31. The molecule has 7 nitrogen and oxygen atoms in total. The van der Waals surface area contributed by atoms with Crippen LogP contribution in [0.1, 0.15) is 18.4 Å². The molecule has 0 bridgehead atoms. The SMILES string of the molecule is Cc1ccc(OCC(=O)Nc2ccc(S(=O)(=O)NCC3CCCO3)cc2)cc1. The van der Waals surface area contributed by atoms with Gasteiger partial charge in [-0.1, -0.05) is 17.7 Å². The summed E-state index contributed by atoms with van der Waals surface area (Å²) in [6.07, 6.45) is 1.74. The van der Waals surface area contributed by atoms with Crippen LogP contribution in [0.25, 0.3) is 0 Å². The van der Waals surface area contributed by atoms with Gasteiger partial charge in [-0.3, -0.25) is 4.79 Å². The maximum Gasteiger partial charge on any atom is 0.262 e. The first-order valence-electron chi connectivity index (χ1n) is 9.13. The summed E-state index contributed by atoms with van der Waals surface area (Å²) < 4.78 is 38.1. The van der Waals surface area contributed by atoms with E-state index in [4.69, 9.17) is 9.47 Å².